The van der Waals surface area contributed by atoms with Crippen molar-refractivity contribution in [2.45, 2.75) is 75.7 Å². The van der Waals surface area contributed by atoms with E-state index in [9.17, 15) is 24.6 Å². The highest BCUT2D eigenvalue weighted by molar-refractivity contribution is 5.94. The molecule has 1 aliphatic rings. The summed E-state index contributed by atoms with van der Waals surface area (Å²) in [5.41, 5.74) is 3.05. The summed E-state index contributed by atoms with van der Waals surface area (Å²) in [4.78, 5) is 51.0. The molecule has 0 radical (unpaired) electrons. The Balaban J connectivity index is 1.26. The van der Waals surface area contributed by atoms with Crippen LogP contribution in [-0.4, -0.2) is 98.3 Å². The van der Waals surface area contributed by atoms with Crippen LogP contribution >= 0.6 is 0 Å². The van der Waals surface area contributed by atoms with E-state index in [1.807, 2.05) is 60.7 Å². The molecule has 274 valence electrons. The molecule has 4 N–H and O–H groups in total. The molecule has 52 heavy (non-hydrogen) atoms. The zero-order valence-corrected chi connectivity index (χ0v) is 29.6. The molecule has 3 heterocycles. The summed E-state index contributed by atoms with van der Waals surface area (Å²) in [6.45, 7) is 1.79. The van der Waals surface area contributed by atoms with Crippen LogP contribution in [-0.2, 0) is 12.8 Å². The number of rotatable bonds is 18. The van der Waals surface area contributed by atoms with Crippen molar-refractivity contribution in [3.8, 4) is 0 Å². The third-order valence-corrected chi connectivity index (χ3v) is 9.61. The average Bonchev–Trinajstić information content (AvgIpc) is 3.25. The molecule has 1 fully saturated rings. The van der Waals surface area contributed by atoms with Crippen LogP contribution < -0.4 is 10.6 Å². The van der Waals surface area contributed by atoms with Crippen LogP contribution in [0.3, 0.4) is 0 Å². The molecule has 1 saturated heterocycles. The van der Waals surface area contributed by atoms with E-state index in [-0.39, 0.29) is 17.8 Å². The quantitative estimate of drug-likeness (QED) is 0.110. The van der Waals surface area contributed by atoms with Gasteiger partial charge in [-0.25, -0.2) is 4.79 Å². The van der Waals surface area contributed by atoms with Crippen LogP contribution in [0.25, 0.3) is 0 Å². The summed E-state index contributed by atoms with van der Waals surface area (Å²) in [5.74, 6) is -0.303. The van der Waals surface area contributed by atoms with Gasteiger partial charge in [0.05, 0.1) is 12.1 Å². The molecule has 0 spiro atoms. The van der Waals surface area contributed by atoms with Crippen molar-refractivity contribution in [3.05, 3.63) is 132 Å². The summed E-state index contributed by atoms with van der Waals surface area (Å²) in [5, 5.41) is 29.6. The lowest BCUT2D eigenvalue weighted by atomic mass is 9.91. The van der Waals surface area contributed by atoms with E-state index in [1.54, 1.807) is 58.9 Å². The Hall–Kier alpha value is -5.13. The van der Waals surface area contributed by atoms with E-state index >= 15 is 0 Å². The molecule has 0 bridgehead atoms. The average molecular weight is 707 g/mol. The third kappa shape index (κ3) is 10.9. The molecule has 0 saturated carbocycles. The number of aromatic nitrogens is 2. The molecule has 4 atom stereocenters. The fraction of sp³-hybridized carbons (Fsp3) is 0.390. The number of pyridine rings is 2. The Labute approximate surface area is 306 Å². The van der Waals surface area contributed by atoms with Crippen LogP contribution in [0.1, 0.15) is 70.4 Å². The zero-order chi connectivity index (χ0) is 36.5. The van der Waals surface area contributed by atoms with Gasteiger partial charge in [0, 0.05) is 62.1 Å². The molecule has 4 aromatic rings. The summed E-state index contributed by atoms with van der Waals surface area (Å²) in [6.07, 6.45) is 9.10. The molecule has 0 unspecified atom stereocenters. The van der Waals surface area contributed by atoms with E-state index in [4.69, 9.17) is 0 Å². The van der Waals surface area contributed by atoms with Crippen molar-refractivity contribution in [2.75, 3.05) is 26.2 Å². The van der Waals surface area contributed by atoms with E-state index in [0.29, 0.717) is 63.0 Å². The Morgan fingerprint density at radius 1 is 0.558 bits per heavy atom. The van der Waals surface area contributed by atoms with Crippen LogP contribution in [0.15, 0.2) is 110 Å². The number of aliphatic hydroxyl groups is 2. The monoisotopic (exact) mass is 706 g/mol. The summed E-state index contributed by atoms with van der Waals surface area (Å²) in [7, 11) is 0. The summed E-state index contributed by atoms with van der Waals surface area (Å²) >= 11 is 0. The minimum Gasteiger partial charge on any atom is -0.388 e. The first-order valence-electron chi connectivity index (χ1n) is 18.3. The van der Waals surface area contributed by atoms with Crippen LogP contribution in [0.2, 0.25) is 0 Å². The lowest BCUT2D eigenvalue weighted by Gasteiger charge is -2.36. The Morgan fingerprint density at radius 3 is 1.33 bits per heavy atom. The normalized spacial score (nSPS) is 18.8. The predicted octanol–water partition coefficient (Wildman–Crippen LogP) is 4.66. The Bertz CT molecular complexity index is 1540. The highest BCUT2D eigenvalue weighted by Gasteiger charge is 2.45. The van der Waals surface area contributed by atoms with Gasteiger partial charge in [-0.3, -0.25) is 19.6 Å². The Kier molecular flexibility index (Phi) is 14.7. The van der Waals surface area contributed by atoms with Gasteiger partial charge < -0.3 is 30.6 Å². The van der Waals surface area contributed by atoms with Gasteiger partial charge in [-0.1, -0.05) is 60.7 Å². The number of carbonyl (C=O) groups is 3. The molecule has 2 aromatic carbocycles. The number of hydrogen-bond donors (Lipinski definition) is 4. The number of hydrogen-bond acceptors (Lipinski definition) is 7. The molecule has 11 nitrogen and oxygen atoms in total. The minimum absolute atomic E-state index is 0.152. The smallest absolute Gasteiger partial charge is 0.320 e. The third-order valence-electron chi connectivity index (χ3n) is 9.61. The van der Waals surface area contributed by atoms with Gasteiger partial charge in [0.25, 0.3) is 11.8 Å². The standard InChI is InChI=1S/C41H50N6O5/c48-37-35(29-31-13-5-1-6-14-31)46(27-11-3-9-21-44-39(50)33-17-23-42-24-18-33)41(52)47(36(38(37)49)30-32-15-7-2-8-16-32)28-12-4-10-22-45-40(51)34-19-25-43-26-20-34/h1-2,5-8,13-20,23-26,35-38,48-49H,3-4,9-12,21-22,27-30H2,(H,44,50)(H,45,51)/t35-,36-,37+,38+/m1/s1. The maximum Gasteiger partial charge on any atom is 0.320 e. The van der Waals surface area contributed by atoms with Crippen molar-refractivity contribution in [1.82, 2.24) is 30.4 Å². The van der Waals surface area contributed by atoms with Gasteiger partial charge in [-0.15, -0.1) is 0 Å². The van der Waals surface area contributed by atoms with Gasteiger partial charge in [-0.2, -0.15) is 0 Å². The summed E-state index contributed by atoms with van der Waals surface area (Å²) < 4.78 is 0. The van der Waals surface area contributed by atoms with E-state index in [2.05, 4.69) is 20.6 Å². The highest BCUT2D eigenvalue weighted by atomic mass is 16.3. The number of benzene rings is 2. The van der Waals surface area contributed by atoms with Crippen molar-refractivity contribution in [1.29, 1.82) is 0 Å². The molecule has 11 heteroatoms. The van der Waals surface area contributed by atoms with Gasteiger partial charge in [0.2, 0.25) is 0 Å². The number of nitrogens with one attached hydrogen (secondary N) is 2. The van der Waals surface area contributed by atoms with Gasteiger partial charge in [0.1, 0.15) is 12.2 Å². The molecule has 4 amide bonds. The van der Waals surface area contributed by atoms with Gasteiger partial charge in [-0.05, 0) is 86.8 Å². The Morgan fingerprint density at radius 2 is 0.942 bits per heavy atom. The summed E-state index contributed by atoms with van der Waals surface area (Å²) in [6, 6.07) is 24.7. The lowest BCUT2D eigenvalue weighted by molar-refractivity contribution is -0.0396. The predicted molar refractivity (Wildman–Crippen MR) is 200 cm³/mol. The van der Waals surface area contributed by atoms with Crippen LogP contribution in [0, 0.1) is 0 Å². The first-order valence-corrected chi connectivity index (χ1v) is 18.3. The van der Waals surface area contributed by atoms with Gasteiger partial charge in [0.15, 0.2) is 0 Å². The van der Waals surface area contributed by atoms with Crippen molar-refractivity contribution < 1.29 is 24.6 Å². The highest BCUT2D eigenvalue weighted by Crippen LogP contribution is 2.28. The van der Waals surface area contributed by atoms with E-state index in [0.717, 1.165) is 36.8 Å². The first-order chi connectivity index (χ1) is 25.4. The van der Waals surface area contributed by atoms with Crippen LogP contribution in [0.4, 0.5) is 4.79 Å². The van der Waals surface area contributed by atoms with Crippen molar-refractivity contribution in [3.63, 3.8) is 0 Å². The number of amides is 4. The lowest BCUT2D eigenvalue weighted by Crippen LogP contribution is -2.51. The number of aliphatic hydroxyl groups excluding tert-OH is 2. The van der Waals surface area contributed by atoms with E-state index < -0.39 is 24.3 Å². The van der Waals surface area contributed by atoms with E-state index in [1.165, 1.54) is 0 Å². The minimum atomic E-state index is -1.18. The topological polar surface area (TPSA) is 148 Å². The molecule has 5 rings (SSSR count). The molecule has 0 aliphatic carbocycles. The van der Waals surface area contributed by atoms with Gasteiger partial charge >= 0.3 is 6.03 Å². The maximum atomic E-state index is 14.7. The molecule has 2 aromatic heterocycles. The number of carbonyl (C=O) groups excluding carboxylic acids is 3. The van der Waals surface area contributed by atoms with Crippen molar-refractivity contribution >= 4 is 17.8 Å². The number of nitrogens with zero attached hydrogens (tertiary/aromatic N) is 4. The SMILES string of the molecule is O=C(NCCCCCN1C(=O)N(CCCCCNC(=O)c2ccncc2)[C@H](Cc2ccccc2)[C@H](O)[C@@H](O)[C@H]1Cc1ccccc1)c1ccncc1. The fourth-order valence-electron chi connectivity index (χ4n) is 6.75. The molecular weight excluding hydrogens is 656 g/mol. The second-order valence-corrected chi connectivity index (χ2v) is 13.3. The second-order valence-electron chi connectivity index (χ2n) is 13.3. The number of unbranched alkanes of at least 4 members (excludes halogenated alkanes) is 4. The fourth-order valence-corrected chi connectivity index (χ4v) is 6.75. The second kappa shape index (κ2) is 20.0. The molecular formula is C41H50N6O5. The maximum absolute atomic E-state index is 14.7. The zero-order valence-electron chi connectivity index (χ0n) is 29.6. The largest absolute Gasteiger partial charge is 0.388 e. The molecule has 1 aliphatic heterocycles. The van der Waals surface area contributed by atoms with Crippen LogP contribution in [0.5, 0.6) is 0 Å². The number of urea groups is 1. The van der Waals surface area contributed by atoms with Crippen molar-refractivity contribution in [2.24, 2.45) is 0 Å². The first kappa shape index (κ1) is 38.1.